The number of rotatable bonds is 6. The van der Waals surface area contributed by atoms with E-state index in [9.17, 15) is 9.59 Å². The van der Waals surface area contributed by atoms with E-state index in [0.717, 1.165) is 12.0 Å². The number of aryl methyl sites for hydroxylation is 1. The van der Waals surface area contributed by atoms with Crippen LogP contribution < -0.4 is 10.6 Å². The number of nitrogens with one attached hydrogen (secondary N) is 2. The quantitative estimate of drug-likeness (QED) is 0.473. The fraction of sp³-hybridized carbons (Fsp3) is 0.250. The molecule has 0 aliphatic carbocycles. The van der Waals surface area contributed by atoms with Crippen molar-refractivity contribution < 1.29 is 9.59 Å². The molecule has 0 fully saturated rings. The van der Waals surface area contributed by atoms with Gasteiger partial charge in [-0.05, 0) is 43.2 Å². The van der Waals surface area contributed by atoms with Gasteiger partial charge in [-0.2, -0.15) is 0 Å². The lowest BCUT2D eigenvalue weighted by Crippen LogP contribution is -2.24. The van der Waals surface area contributed by atoms with Gasteiger partial charge in [0.05, 0.1) is 0 Å². The van der Waals surface area contributed by atoms with Crippen LogP contribution in [0.25, 0.3) is 0 Å². The van der Waals surface area contributed by atoms with Gasteiger partial charge < -0.3 is 10.6 Å². The molecule has 0 saturated heterocycles. The van der Waals surface area contributed by atoms with E-state index in [1.54, 1.807) is 18.2 Å². The summed E-state index contributed by atoms with van der Waals surface area (Å²) in [5.41, 5.74) is 1.97. The molecule has 0 aromatic heterocycles. The van der Waals surface area contributed by atoms with Crippen molar-refractivity contribution in [3.63, 3.8) is 0 Å². The molecule has 104 valence electrons. The zero-order valence-electron chi connectivity index (χ0n) is 11.5. The Labute approximate surface area is 119 Å². The Morgan fingerprint density at radius 3 is 2.80 bits per heavy atom. The molecule has 0 atom stereocenters. The molecular weight excluding hydrogens is 252 g/mol. The van der Waals surface area contributed by atoms with Crippen LogP contribution in [0.5, 0.6) is 0 Å². The van der Waals surface area contributed by atoms with E-state index in [1.807, 2.05) is 6.92 Å². The number of carbonyl (C=O) groups is 2. The van der Waals surface area contributed by atoms with Crippen molar-refractivity contribution in [1.29, 1.82) is 0 Å². The molecule has 1 rings (SSSR count). The van der Waals surface area contributed by atoms with E-state index in [-0.39, 0.29) is 11.8 Å². The van der Waals surface area contributed by atoms with E-state index in [1.165, 1.54) is 6.08 Å². The molecule has 4 heteroatoms. The van der Waals surface area contributed by atoms with Crippen molar-refractivity contribution in [2.75, 3.05) is 11.9 Å². The first kappa shape index (κ1) is 15.5. The number of anilines is 1. The average Bonchev–Trinajstić information content (AvgIpc) is 2.42. The summed E-state index contributed by atoms with van der Waals surface area (Å²) in [5, 5.41) is 5.43. The van der Waals surface area contributed by atoms with Crippen molar-refractivity contribution in [2.45, 2.75) is 19.8 Å². The molecule has 4 nitrogen and oxygen atoms in total. The number of unbranched alkanes of at least 4 members (excludes halogenated alkanes) is 1. The van der Waals surface area contributed by atoms with Gasteiger partial charge in [-0.15, -0.1) is 12.3 Å². The third-order valence-corrected chi connectivity index (χ3v) is 2.58. The SMILES string of the molecule is C#CCCCNC(=O)c1cc(C)cc(NC(=O)C=C)c1. The molecule has 1 aromatic carbocycles. The normalized spacial score (nSPS) is 9.40. The monoisotopic (exact) mass is 270 g/mol. The maximum atomic E-state index is 12.0. The Hall–Kier alpha value is -2.54. The van der Waals surface area contributed by atoms with E-state index < -0.39 is 0 Å². The summed E-state index contributed by atoms with van der Waals surface area (Å²) >= 11 is 0. The molecular formula is C16H18N2O2. The van der Waals surface area contributed by atoms with Gasteiger partial charge in [-0.3, -0.25) is 9.59 Å². The summed E-state index contributed by atoms with van der Waals surface area (Å²) in [5.74, 6) is 2.03. The van der Waals surface area contributed by atoms with Crippen molar-refractivity contribution in [3.05, 3.63) is 42.0 Å². The molecule has 0 bridgehead atoms. The molecule has 0 spiro atoms. The van der Waals surface area contributed by atoms with Gasteiger partial charge in [-0.25, -0.2) is 0 Å². The Morgan fingerprint density at radius 1 is 1.40 bits per heavy atom. The van der Waals surface area contributed by atoms with Crippen molar-refractivity contribution in [2.24, 2.45) is 0 Å². The third kappa shape index (κ3) is 4.99. The zero-order chi connectivity index (χ0) is 15.0. The van der Waals surface area contributed by atoms with Crippen LogP contribution in [0.2, 0.25) is 0 Å². The molecule has 0 aliphatic heterocycles. The van der Waals surface area contributed by atoms with Crippen LogP contribution in [-0.2, 0) is 4.79 Å². The minimum absolute atomic E-state index is 0.181. The Bertz CT molecular complexity index is 556. The molecule has 2 N–H and O–H groups in total. The van der Waals surface area contributed by atoms with E-state index in [4.69, 9.17) is 6.42 Å². The lowest BCUT2D eigenvalue weighted by Gasteiger charge is -2.08. The highest BCUT2D eigenvalue weighted by Crippen LogP contribution is 2.14. The average molecular weight is 270 g/mol. The molecule has 0 radical (unpaired) electrons. The number of hydrogen-bond acceptors (Lipinski definition) is 2. The van der Waals surface area contributed by atoms with Gasteiger partial charge in [0.25, 0.3) is 5.91 Å². The number of carbonyl (C=O) groups excluding carboxylic acids is 2. The van der Waals surface area contributed by atoms with E-state index in [0.29, 0.717) is 24.2 Å². The number of benzene rings is 1. The highest BCUT2D eigenvalue weighted by Gasteiger charge is 2.08. The summed E-state index contributed by atoms with van der Waals surface area (Å²) in [7, 11) is 0. The maximum absolute atomic E-state index is 12.0. The summed E-state index contributed by atoms with van der Waals surface area (Å²) < 4.78 is 0. The predicted octanol–water partition coefficient (Wildman–Crippen LogP) is 2.26. The molecule has 1 aromatic rings. The van der Waals surface area contributed by atoms with E-state index >= 15 is 0 Å². The molecule has 20 heavy (non-hydrogen) atoms. The minimum atomic E-state index is -0.309. The van der Waals surface area contributed by atoms with Crippen molar-refractivity contribution in [3.8, 4) is 12.3 Å². The van der Waals surface area contributed by atoms with Gasteiger partial charge in [0.15, 0.2) is 0 Å². The van der Waals surface area contributed by atoms with Crippen LogP contribution in [0.15, 0.2) is 30.9 Å². The number of terminal acetylenes is 1. The van der Waals surface area contributed by atoms with Gasteiger partial charge in [0, 0.05) is 24.2 Å². The number of hydrogen-bond donors (Lipinski definition) is 2. The first-order chi connectivity index (χ1) is 9.56. The summed E-state index contributed by atoms with van der Waals surface area (Å²) in [4.78, 5) is 23.2. The van der Waals surface area contributed by atoms with Crippen LogP contribution in [0, 0.1) is 19.3 Å². The highest BCUT2D eigenvalue weighted by atomic mass is 16.2. The molecule has 0 unspecified atom stereocenters. The predicted molar refractivity (Wildman–Crippen MR) is 80.4 cm³/mol. The second-order valence-corrected chi connectivity index (χ2v) is 4.34. The Kier molecular flexibility index (Phi) is 6.05. The van der Waals surface area contributed by atoms with Crippen LogP contribution in [-0.4, -0.2) is 18.4 Å². The minimum Gasteiger partial charge on any atom is -0.352 e. The van der Waals surface area contributed by atoms with E-state index in [2.05, 4.69) is 23.1 Å². The maximum Gasteiger partial charge on any atom is 0.251 e. The third-order valence-electron chi connectivity index (χ3n) is 2.58. The fourth-order valence-electron chi connectivity index (χ4n) is 1.67. The lowest BCUT2D eigenvalue weighted by atomic mass is 10.1. The van der Waals surface area contributed by atoms with Crippen LogP contribution in [0.3, 0.4) is 0 Å². The Morgan fingerprint density at radius 2 is 2.15 bits per heavy atom. The summed E-state index contributed by atoms with van der Waals surface area (Å²) in [6.07, 6.45) is 7.71. The topological polar surface area (TPSA) is 58.2 Å². The van der Waals surface area contributed by atoms with Gasteiger partial charge in [0.2, 0.25) is 5.91 Å². The first-order valence-electron chi connectivity index (χ1n) is 6.33. The highest BCUT2D eigenvalue weighted by molar-refractivity contribution is 6.01. The summed E-state index contributed by atoms with van der Waals surface area (Å²) in [6.45, 7) is 5.78. The Balaban J connectivity index is 2.74. The first-order valence-corrected chi connectivity index (χ1v) is 6.33. The lowest BCUT2D eigenvalue weighted by molar-refractivity contribution is -0.111. The van der Waals surface area contributed by atoms with Crippen LogP contribution in [0.4, 0.5) is 5.69 Å². The molecule has 0 heterocycles. The van der Waals surface area contributed by atoms with Crippen LogP contribution in [0.1, 0.15) is 28.8 Å². The molecule has 0 saturated carbocycles. The molecule has 2 amide bonds. The van der Waals surface area contributed by atoms with Crippen molar-refractivity contribution in [1.82, 2.24) is 5.32 Å². The number of amides is 2. The van der Waals surface area contributed by atoms with Crippen molar-refractivity contribution >= 4 is 17.5 Å². The molecule has 0 aliphatic rings. The fourth-order valence-corrected chi connectivity index (χ4v) is 1.67. The van der Waals surface area contributed by atoms with Gasteiger partial charge in [-0.1, -0.05) is 6.58 Å². The van der Waals surface area contributed by atoms with Gasteiger partial charge >= 0.3 is 0 Å². The standard InChI is InChI=1S/C16H18N2O2/c1-4-6-7-8-17-16(20)13-9-12(3)10-14(11-13)18-15(19)5-2/h1,5,9-11H,2,6-8H2,3H3,(H,17,20)(H,18,19). The van der Waals surface area contributed by atoms with Crippen LogP contribution >= 0.6 is 0 Å². The van der Waals surface area contributed by atoms with Gasteiger partial charge in [0.1, 0.15) is 0 Å². The zero-order valence-corrected chi connectivity index (χ0v) is 11.5. The summed E-state index contributed by atoms with van der Waals surface area (Å²) in [6, 6.07) is 5.18. The second kappa shape index (κ2) is 7.80. The second-order valence-electron chi connectivity index (χ2n) is 4.34. The largest absolute Gasteiger partial charge is 0.352 e. The smallest absolute Gasteiger partial charge is 0.251 e.